The molecular formula is C14H23BrN2OS. The third-order valence-electron chi connectivity index (χ3n) is 4.22. The first kappa shape index (κ1) is 15.4. The summed E-state index contributed by atoms with van der Waals surface area (Å²) in [6.07, 6.45) is 8.23. The van der Waals surface area contributed by atoms with Crippen molar-refractivity contribution in [3.8, 4) is 0 Å². The van der Waals surface area contributed by atoms with Crippen LogP contribution in [0.2, 0.25) is 0 Å². The molecule has 0 spiro atoms. The highest BCUT2D eigenvalue weighted by Crippen LogP contribution is 2.35. The van der Waals surface area contributed by atoms with Crippen molar-refractivity contribution in [3.63, 3.8) is 0 Å². The average Bonchev–Trinajstić information content (AvgIpc) is 2.69. The summed E-state index contributed by atoms with van der Waals surface area (Å²) in [5, 5.41) is 2.12. The number of nitrogens with two attached hydrogens (primary N) is 1. The quantitative estimate of drug-likeness (QED) is 0.486. The van der Waals surface area contributed by atoms with Gasteiger partial charge in [0.2, 0.25) is 0 Å². The molecule has 0 saturated heterocycles. The Morgan fingerprint density at radius 3 is 2.58 bits per heavy atom. The fourth-order valence-corrected chi connectivity index (χ4v) is 4.58. The second kappa shape index (κ2) is 7.18. The van der Waals surface area contributed by atoms with Gasteiger partial charge in [0.25, 0.3) is 0 Å². The molecule has 108 valence electrons. The highest BCUT2D eigenvalue weighted by Gasteiger charge is 2.38. The van der Waals surface area contributed by atoms with Gasteiger partial charge in [-0.15, -0.1) is 11.3 Å². The Bertz CT molecular complexity index is 389. The second-order valence-corrected chi connectivity index (χ2v) is 7.25. The SMILES string of the molecule is COC1(C(Cc2cc(Br)cs2)NN)CCCCCC1. The van der Waals surface area contributed by atoms with Crippen LogP contribution in [0.3, 0.4) is 0 Å². The van der Waals surface area contributed by atoms with E-state index < -0.39 is 0 Å². The van der Waals surface area contributed by atoms with E-state index in [1.807, 2.05) is 7.11 Å². The van der Waals surface area contributed by atoms with Crippen LogP contribution in [-0.4, -0.2) is 18.8 Å². The number of methoxy groups -OCH3 is 1. The Morgan fingerprint density at radius 2 is 2.11 bits per heavy atom. The minimum absolute atomic E-state index is 0.109. The molecule has 3 N–H and O–H groups in total. The molecule has 1 aromatic rings. The first-order chi connectivity index (χ1) is 9.20. The van der Waals surface area contributed by atoms with E-state index in [0.717, 1.165) is 23.7 Å². The molecule has 1 fully saturated rings. The molecule has 0 radical (unpaired) electrons. The average molecular weight is 347 g/mol. The number of hydrazine groups is 1. The van der Waals surface area contributed by atoms with Crippen molar-refractivity contribution in [1.29, 1.82) is 0 Å². The van der Waals surface area contributed by atoms with Gasteiger partial charge in [0.1, 0.15) is 0 Å². The zero-order valence-corrected chi connectivity index (χ0v) is 13.9. The highest BCUT2D eigenvalue weighted by molar-refractivity contribution is 9.10. The standard InChI is InChI=1S/C14H23BrN2OS/c1-18-14(6-4-2-3-5-7-14)13(17-16)9-12-8-11(15)10-19-12/h8,10,13,17H,2-7,9,16H2,1H3. The molecule has 1 unspecified atom stereocenters. The van der Waals surface area contributed by atoms with Crippen LogP contribution in [0.25, 0.3) is 0 Å². The molecule has 0 aromatic carbocycles. The van der Waals surface area contributed by atoms with Crippen LogP contribution in [0.4, 0.5) is 0 Å². The number of thiophene rings is 1. The summed E-state index contributed by atoms with van der Waals surface area (Å²) in [7, 11) is 1.83. The van der Waals surface area contributed by atoms with Crippen molar-refractivity contribution in [1.82, 2.24) is 5.43 Å². The zero-order valence-electron chi connectivity index (χ0n) is 11.5. The Morgan fingerprint density at radius 1 is 1.42 bits per heavy atom. The van der Waals surface area contributed by atoms with Crippen molar-refractivity contribution in [3.05, 3.63) is 20.8 Å². The maximum absolute atomic E-state index is 5.94. The molecule has 2 rings (SSSR count). The lowest BCUT2D eigenvalue weighted by molar-refractivity contribution is -0.0525. The molecule has 0 amide bonds. The van der Waals surface area contributed by atoms with Gasteiger partial charge in [0, 0.05) is 28.3 Å². The van der Waals surface area contributed by atoms with Crippen LogP contribution in [0.15, 0.2) is 15.9 Å². The minimum atomic E-state index is -0.109. The third-order valence-corrected chi connectivity index (χ3v) is 5.94. The van der Waals surface area contributed by atoms with Gasteiger partial charge < -0.3 is 4.74 Å². The first-order valence-corrected chi connectivity index (χ1v) is 8.61. The van der Waals surface area contributed by atoms with Gasteiger partial charge >= 0.3 is 0 Å². The van der Waals surface area contributed by atoms with Gasteiger partial charge in [-0.2, -0.15) is 0 Å². The molecular weight excluding hydrogens is 324 g/mol. The summed E-state index contributed by atoms with van der Waals surface area (Å²) in [5.41, 5.74) is 2.91. The number of hydrogen-bond acceptors (Lipinski definition) is 4. The van der Waals surface area contributed by atoms with Crippen LogP contribution < -0.4 is 11.3 Å². The number of rotatable bonds is 5. The smallest absolute Gasteiger partial charge is 0.0847 e. The van der Waals surface area contributed by atoms with E-state index in [4.69, 9.17) is 10.6 Å². The monoisotopic (exact) mass is 346 g/mol. The van der Waals surface area contributed by atoms with Crippen molar-refractivity contribution in [2.45, 2.75) is 56.6 Å². The number of ether oxygens (including phenoxy) is 1. The largest absolute Gasteiger partial charge is 0.377 e. The summed E-state index contributed by atoms with van der Waals surface area (Å²) >= 11 is 5.28. The molecule has 1 aromatic heterocycles. The van der Waals surface area contributed by atoms with E-state index >= 15 is 0 Å². The first-order valence-electron chi connectivity index (χ1n) is 6.94. The lowest BCUT2D eigenvalue weighted by Crippen LogP contribution is -2.55. The minimum Gasteiger partial charge on any atom is -0.377 e. The number of nitrogens with one attached hydrogen (secondary N) is 1. The fourth-order valence-electron chi connectivity index (χ4n) is 3.08. The van der Waals surface area contributed by atoms with E-state index in [-0.39, 0.29) is 11.6 Å². The number of halogens is 1. The molecule has 3 nitrogen and oxygen atoms in total. The fraction of sp³-hybridized carbons (Fsp3) is 0.714. The lowest BCUT2D eigenvalue weighted by Gasteiger charge is -2.38. The van der Waals surface area contributed by atoms with E-state index in [1.165, 1.54) is 30.6 Å². The van der Waals surface area contributed by atoms with Gasteiger partial charge in [-0.1, -0.05) is 25.7 Å². The highest BCUT2D eigenvalue weighted by atomic mass is 79.9. The van der Waals surface area contributed by atoms with Crippen molar-refractivity contribution in [2.75, 3.05) is 7.11 Å². The Kier molecular flexibility index (Phi) is 5.84. The van der Waals surface area contributed by atoms with Gasteiger partial charge in [0.05, 0.1) is 11.6 Å². The maximum Gasteiger partial charge on any atom is 0.0847 e. The summed E-state index contributed by atoms with van der Waals surface area (Å²) in [4.78, 5) is 1.34. The van der Waals surface area contributed by atoms with Gasteiger partial charge in [-0.25, -0.2) is 0 Å². The molecule has 1 aliphatic rings. The van der Waals surface area contributed by atoms with E-state index in [1.54, 1.807) is 11.3 Å². The summed E-state index contributed by atoms with van der Waals surface area (Å²) < 4.78 is 7.09. The number of hydrogen-bond donors (Lipinski definition) is 2. The van der Waals surface area contributed by atoms with Crippen LogP contribution in [0, 0.1) is 0 Å². The van der Waals surface area contributed by atoms with Crippen LogP contribution >= 0.6 is 27.3 Å². The topological polar surface area (TPSA) is 47.3 Å². The maximum atomic E-state index is 5.94. The molecule has 0 bridgehead atoms. The molecule has 1 atom stereocenters. The zero-order chi connectivity index (χ0) is 13.7. The summed E-state index contributed by atoms with van der Waals surface area (Å²) in [6.45, 7) is 0. The predicted molar refractivity (Wildman–Crippen MR) is 84.3 cm³/mol. The van der Waals surface area contributed by atoms with E-state index in [0.29, 0.717) is 0 Å². The molecule has 1 aliphatic carbocycles. The van der Waals surface area contributed by atoms with Gasteiger partial charge in [-0.05, 0) is 34.8 Å². The Hall–Kier alpha value is 0.0600. The molecule has 1 saturated carbocycles. The van der Waals surface area contributed by atoms with Gasteiger partial charge in [0.15, 0.2) is 0 Å². The summed E-state index contributed by atoms with van der Waals surface area (Å²) in [6, 6.07) is 2.36. The summed E-state index contributed by atoms with van der Waals surface area (Å²) in [5.74, 6) is 5.83. The second-order valence-electron chi connectivity index (χ2n) is 5.34. The predicted octanol–water partition coefficient (Wildman–Crippen LogP) is 3.62. The van der Waals surface area contributed by atoms with Crippen LogP contribution in [0.1, 0.15) is 43.4 Å². The third kappa shape index (κ3) is 3.79. The van der Waals surface area contributed by atoms with E-state index in [2.05, 4.69) is 32.8 Å². The van der Waals surface area contributed by atoms with Crippen molar-refractivity contribution >= 4 is 27.3 Å². The molecule has 5 heteroatoms. The Labute approximate surface area is 128 Å². The van der Waals surface area contributed by atoms with Crippen LogP contribution in [-0.2, 0) is 11.2 Å². The normalized spacial score (nSPS) is 21.0. The van der Waals surface area contributed by atoms with Crippen LogP contribution in [0.5, 0.6) is 0 Å². The van der Waals surface area contributed by atoms with Gasteiger partial charge in [-0.3, -0.25) is 11.3 Å². The van der Waals surface area contributed by atoms with Crippen molar-refractivity contribution < 1.29 is 4.74 Å². The molecule has 1 heterocycles. The van der Waals surface area contributed by atoms with Crippen molar-refractivity contribution in [2.24, 2.45) is 5.84 Å². The lowest BCUT2D eigenvalue weighted by atomic mass is 9.84. The molecule has 19 heavy (non-hydrogen) atoms. The Balaban J connectivity index is 2.12. The van der Waals surface area contributed by atoms with E-state index in [9.17, 15) is 0 Å². The molecule has 0 aliphatic heterocycles.